The average molecular weight is 501 g/mol. The van der Waals surface area contributed by atoms with E-state index in [9.17, 15) is 18.0 Å². The Hall–Kier alpha value is -2.91. The highest BCUT2D eigenvalue weighted by atomic mass is 32.2. The van der Waals surface area contributed by atoms with E-state index in [2.05, 4.69) is 5.32 Å². The molecule has 2 aliphatic rings. The number of sulfonamides is 1. The van der Waals surface area contributed by atoms with Crippen molar-refractivity contribution in [1.29, 1.82) is 0 Å². The Kier molecular flexibility index (Phi) is 7.19. The highest BCUT2D eigenvalue weighted by Gasteiger charge is 2.52. The van der Waals surface area contributed by atoms with Gasteiger partial charge in [0, 0.05) is 18.8 Å². The fourth-order valence-corrected chi connectivity index (χ4v) is 6.27. The molecule has 4 rings (SSSR count). The van der Waals surface area contributed by atoms with Crippen molar-refractivity contribution in [1.82, 2.24) is 4.31 Å². The number of piperidine rings is 1. The Bertz CT molecular complexity index is 1200. The largest absolute Gasteiger partial charge is 0.496 e. The molecular weight excluding hydrogens is 468 g/mol. The number of nitrogens with zero attached hydrogens (tertiary/aromatic N) is 1. The van der Waals surface area contributed by atoms with Gasteiger partial charge < -0.3 is 14.8 Å². The van der Waals surface area contributed by atoms with Crippen LogP contribution in [0.4, 0.5) is 5.69 Å². The molecule has 188 valence electrons. The molecule has 35 heavy (non-hydrogen) atoms. The van der Waals surface area contributed by atoms with E-state index in [1.54, 1.807) is 45.2 Å². The molecule has 1 saturated heterocycles. The lowest BCUT2D eigenvalue weighted by atomic mass is 9.95. The van der Waals surface area contributed by atoms with Crippen molar-refractivity contribution in [3.8, 4) is 5.75 Å². The van der Waals surface area contributed by atoms with Gasteiger partial charge in [0.1, 0.15) is 5.75 Å². The summed E-state index contributed by atoms with van der Waals surface area (Å²) in [7, 11) is -2.18. The molecule has 8 nitrogen and oxygen atoms in total. The molecule has 1 heterocycles. The second-order valence-corrected chi connectivity index (χ2v) is 11.1. The van der Waals surface area contributed by atoms with Crippen LogP contribution in [0.3, 0.4) is 0 Å². The second-order valence-electron chi connectivity index (χ2n) is 9.20. The number of benzene rings is 2. The molecule has 1 amide bonds. The van der Waals surface area contributed by atoms with Gasteiger partial charge in [-0.15, -0.1) is 0 Å². The number of rotatable bonds is 8. The number of hydrogen-bond acceptors (Lipinski definition) is 6. The summed E-state index contributed by atoms with van der Waals surface area (Å²) >= 11 is 0. The van der Waals surface area contributed by atoms with Crippen LogP contribution in [0.2, 0.25) is 0 Å². The zero-order valence-electron chi connectivity index (χ0n) is 20.4. The molecule has 1 N–H and O–H groups in total. The minimum Gasteiger partial charge on any atom is -0.496 e. The lowest BCUT2D eigenvalue weighted by Crippen LogP contribution is -2.43. The predicted octanol–water partition coefficient (Wildman–Crippen LogP) is 3.64. The van der Waals surface area contributed by atoms with Crippen molar-refractivity contribution in [3.63, 3.8) is 0 Å². The summed E-state index contributed by atoms with van der Waals surface area (Å²) in [5, 5.41) is 2.91. The topological polar surface area (TPSA) is 102 Å². The third-order valence-electron chi connectivity index (χ3n) is 6.88. The van der Waals surface area contributed by atoms with Crippen molar-refractivity contribution in [2.24, 2.45) is 5.92 Å². The fourth-order valence-electron chi connectivity index (χ4n) is 4.66. The highest BCUT2D eigenvalue weighted by Crippen LogP contribution is 2.49. The Labute approximate surface area is 206 Å². The van der Waals surface area contributed by atoms with Gasteiger partial charge in [-0.3, -0.25) is 9.59 Å². The minimum absolute atomic E-state index is 0.128. The molecule has 0 radical (unpaired) electrons. The van der Waals surface area contributed by atoms with Gasteiger partial charge in [0.2, 0.25) is 15.9 Å². The SMILES string of the molecule is CCOC(=O)C1(c2ccc(NC(=O)[C@@H]3CCCN(S(=O)(=O)c4ccc(OC)c(C)c4)C3)cc2)CC1. The molecule has 0 aromatic heterocycles. The van der Waals surface area contributed by atoms with Crippen LogP contribution >= 0.6 is 0 Å². The number of aryl methyl sites for hydroxylation is 1. The van der Waals surface area contributed by atoms with Gasteiger partial charge in [-0.05, 0) is 81.0 Å². The van der Waals surface area contributed by atoms with Gasteiger partial charge in [-0.25, -0.2) is 8.42 Å². The number of ether oxygens (including phenoxy) is 2. The van der Waals surface area contributed by atoms with E-state index in [4.69, 9.17) is 9.47 Å². The smallest absolute Gasteiger partial charge is 0.316 e. The first-order chi connectivity index (χ1) is 16.7. The van der Waals surface area contributed by atoms with Crippen molar-refractivity contribution in [3.05, 3.63) is 53.6 Å². The Morgan fingerprint density at radius 1 is 1.14 bits per heavy atom. The molecule has 1 saturated carbocycles. The van der Waals surface area contributed by atoms with Crippen molar-refractivity contribution in [2.75, 3.05) is 32.1 Å². The van der Waals surface area contributed by atoms with Crippen molar-refractivity contribution in [2.45, 2.75) is 49.8 Å². The summed E-state index contributed by atoms with van der Waals surface area (Å²) in [6.07, 6.45) is 2.74. The van der Waals surface area contributed by atoms with Crippen LogP contribution in [0.1, 0.15) is 43.7 Å². The van der Waals surface area contributed by atoms with E-state index in [0.717, 1.165) is 24.0 Å². The van der Waals surface area contributed by atoms with Crippen LogP contribution in [0, 0.1) is 12.8 Å². The summed E-state index contributed by atoms with van der Waals surface area (Å²) in [4.78, 5) is 25.5. The van der Waals surface area contributed by atoms with Crippen LogP contribution in [0.25, 0.3) is 0 Å². The summed E-state index contributed by atoms with van der Waals surface area (Å²) in [5.41, 5.74) is 1.68. The Morgan fingerprint density at radius 2 is 1.86 bits per heavy atom. The van der Waals surface area contributed by atoms with Crippen LogP contribution in [0.15, 0.2) is 47.4 Å². The van der Waals surface area contributed by atoms with Gasteiger partial charge in [0.05, 0.1) is 29.9 Å². The summed E-state index contributed by atoms with van der Waals surface area (Å²) in [6, 6.07) is 12.0. The van der Waals surface area contributed by atoms with Crippen LogP contribution in [0.5, 0.6) is 5.75 Å². The molecule has 1 atom stereocenters. The van der Waals surface area contributed by atoms with Gasteiger partial charge in [0.25, 0.3) is 0 Å². The first-order valence-corrected chi connectivity index (χ1v) is 13.4. The molecule has 2 fully saturated rings. The normalized spacial score (nSPS) is 19.6. The molecule has 2 aromatic carbocycles. The van der Waals surface area contributed by atoms with E-state index >= 15 is 0 Å². The summed E-state index contributed by atoms with van der Waals surface area (Å²) < 4.78 is 38.3. The predicted molar refractivity (Wildman–Crippen MR) is 132 cm³/mol. The fraction of sp³-hybridized carbons (Fsp3) is 0.462. The zero-order valence-corrected chi connectivity index (χ0v) is 21.2. The second kappa shape index (κ2) is 9.99. The lowest BCUT2D eigenvalue weighted by Gasteiger charge is -2.31. The maximum Gasteiger partial charge on any atom is 0.316 e. The van der Waals surface area contributed by atoms with Gasteiger partial charge >= 0.3 is 5.97 Å². The first-order valence-electron chi connectivity index (χ1n) is 11.9. The van der Waals surface area contributed by atoms with Gasteiger partial charge in [-0.1, -0.05) is 12.1 Å². The van der Waals surface area contributed by atoms with E-state index in [1.165, 1.54) is 10.4 Å². The molecular formula is C26H32N2O6S. The van der Waals surface area contributed by atoms with Crippen molar-refractivity contribution >= 4 is 27.6 Å². The van der Waals surface area contributed by atoms with E-state index < -0.39 is 21.4 Å². The van der Waals surface area contributed by atoms with Crippen LogP contribution in [-0.4, -0.2) is 51.4 Å². The average Bonchev–Trinajstić information content (AvgIpc) is 3.67. The third-order valence-corrected chi connectivity index (χ3v) is 8.74. The van der Waals surface area contributed by atoms with E-state index in [-0.39, 0.29) is 23.3 Å². The molecule has 9 heteroatoms. The number of methoxy groups -OCH3 is 1. The number of esters is 1. The number of nitrogens with one attached hydrogen (secondary N) is 1. The van der Waals surface area contributed by atoms with Gasteiger partial charge in [0.15, 0.2) is 0 Å². The standard InChI is InChI=1S/C26H32N2O6S/c1-4-34-25(30)26(13-14-26)20-7-9-21(10-8-20)27-24(29)19-6-5-15-28(17-19)35(31,32)22-11-12-23(33-3)18(2)16-22/h7-12,16,19H,4-6,13-15,17H2,1-3H3,(H,27,29)/t19-/m1/s1. The molecule has 0 unspecified atom stereocenters. The Balaban J connectivity index is 1.41. The number of amides is 1. The highest BCUT2D eigenvalue weighted by molar-refractivity contribution is 7.89. The molecule has 2 aromatic rings. The Morgan fingerprint density at radius 3 is 2.46 bits per heavy atom. The minimum atomic E-state index is -3.72. The first kappa shape index (κ1) is 25.2. The van der Waals surface area contributed by atoms with E-state index in [0.29, 0.717) is 37.4 Å². The lowest BCUT2D eigenvalue weighted by molar-refractivity contribution is -0.146. The van der Waals surface area contributed by atoms with Crippen LogP contribution < -0.4 is 10.1 Å². The third kappa shape index (κ3) is 5.06. The monoisotopic (exact) mass is 500 g/mol. The molecule has 0 spiro atoms. The summed E-state index contributed by atoms with van der Waals surface area (Å²) in [5.74, 6) is -0.241. The number of carbonyl (C=O) groups is 2. The summed E-state index contributed by atoms with van der Waals surface area (Å²) in [6.45, 7) is 4.45. The molecule has 1 aliphatic heterocycles. The van der Waals surface area contributed by atoms with Crippen LogP contribution in [-0.2, 0) is 29.8 Å². The van der Waals surface area contributed by atoms with Crippen molar-refractivity contribution < 1.29 is 27.5 Å². The maximum atomic E-state index is 13.2. The van der Waals surface area contributed by atoms with E-state index in [1.807, 2.05) is 12.1 Å². The maximum absolute atomic E-state index is 13.2. The van der Waals surface area contributed by atoms with Gasteiger partial charge in [-0.2, -0.15) is 4.31 Å². The number of anilines is 1. The molecule has 0 bridgehead atoms. The quantitative estimate of drug-likeness (QED) is 0.556. The number of hydrogen-bond donors (Lipinski definition) is 1. The number of carbonyl (C=O) groups excluding carboxylic acids is 2. The molecule has 1 aliphatic carbocycles. The zero-order chi connectivity index (χ0) is 25.2.